The lowest BCUT2D eigenvalue weighted by Crippen LogP contribution is -2.14. The Bertz CT molecular complexity index is 729. The van der Waals surface area contributed by atoms with Crippen molar-refractivity contribution in [3.63, 3.8) is 0 Å². The third-order valence-corrected chi connectivity index (χ3v) is 3.49. The molecule has 0 unspecified atom stereocenters. The molecular weight excluding hydrogens is 264 g/mol. The topological polar surface area (TPSA) is 55.9 Å². The molecule has 5 heteroatoms. The first-order chi connectivity index (χ1) is 10.3. The standard InChI is InChI=1S/C16H20N4O/c1-3-8-17-10-14-6-4-5-13-7-9-20(16(13)14)11-15-19-18-12(2)21-15/h4-7,9,17H,3,8,10-11H2,1-2H3. The van der Waals surface area contributed by atoms with Gasteiger partial charge in [-0.2, -0.15) is 0 Å². The summed E-state index contributed by atoms with van der Waals surface area (Å²) in [5.74, 6) is 1.24. The number of rotatable bonds is 6. The van der Waals surface area contributed by atoms with Gasteiger partial charge in [0, 0.05) is 19.7 Å². The number of hydrogen-bond acceptors (Lipinski definition) is 4. The van der Waals surface area contributed by atoms with Crippen molar-refractivity contribution in [3.8, 4) is 0 Å². The van der Waals surface area contributed by atoms with Crippen LogP contribution in [0, 0.1) is 6.92 Å². The van der Waals surface area contributed by atoms with Gasteiger partial charge >= 0.3 is 0 Å². The average Bonchev–Trinajstić information content (AvgIpc) is 3.07. The molecule has 0 fully saturated rings. The van der Waals surface area contributed by atoms with E-state index in [0.717, 1.165) is 19.5 Å². The van der Waals surface area contributed by atoms with Crippen LogP contribution in [-0.2, 0) is 13.1 Å². The fraction of sp³-hybridized carbons (Fsp3) is 0.375. The maximum Gasteiger partial charge on any atom is 0.236 e. The van der Waals surface area contributed by atoms with E-state index in [9.17, 15) is 0 Å². The van der Waals surface area contributed by atoms with Gasteiger partial charge in [0.05, 0.1) is 5.52 Å². The Labute approximate surface area is 124 Å². The van der Waals surface area contributed by atoms with Crippen molar-refractivity contribution in [1.29, 1.82) is 0 Å². The Kier molecular flexibility index (Phi) is 4.01. The summed E-state index contributed by atoms with van der Waals surface area (Å²) in [5, 5.41) is 12.7. The van der Waals surface area contributed by atoms with Gasteiger partial charge in [-0.25, -0.2) is 0 Å². The zero-order chi connectivity index (χ0) is 14.7. The number of aryl methyl sites for hydroxylation is 1. The van der Waals surface area contributed by atoms with Crippen LogP contribution in [0.4, 0.5) is 0 Å². The van der Waals surface area contributed by atoms with Crippen LogP contribution in [0.1, 0.15) is 30.7 Å². The Morgan fingerprint density at radius 2 is 2.14 bits per heavy atom. The molecule has 2 aromatic heterocycles. The summed E-state index contributed by atoms with van der Waals surface area (Å²) in [7, 11) is 0. The van der Waals surface area contributed by atoms with Gasteiger partial charge in [0.2, 0.25) is 11.8 Å². The Morgan fingerprint density at radius 1 is 1.24 bits per heavy atom. The molecule has 0 atom stereocenters. The highest BCUT2D eigenvalue weighted by Crippen LogP contribution is 2.21. The summed E-state index contributed by atoms with van der Waals surface area (Å²) >= 11 is 0. The van der Waals surface area contributed by atoms with Crippen molar-refractivity contribution in [3.05, 3.63) is 47.8 Å². The van der Waals surface area contributed by atoms with E-state index in [1.54, 1.807) is 0 Å². The minimum absolute atomic E-state index is 0.603. The number of hydrogen-bond donors (Lipinski definition) is 1. The summed E-state index contributed by atoms with van der Waals surface area (Å²) in [6, 6.07) is 8.53. The molecule has 0 aliphatic rings. The first-order valence-corrected chi connectivity index (χ1v) is 7.34. The number of fused-ring (bicyclic) bond motifs is 1. The van der Waals surface area contributed by atoms with Crippen molar-refractivity contribution in [2.45, 2.75) is 33.4 Å². The molecule has 3 aromatic rings. The Balaban J connectivity index is 1.91. The van der Waals surface area contributed by atoms with E-state index in [-0.39, 0.29) is 0 Å². The van der Waals surface area contributed by atoms with Gasteiger partial charge in [-0.05, 0) is 30.0 Å². The number of aromatic nitrogens is 3. The van der Waals surface area contributed by atoms with Crippen LogP contribution in [-0.4, -0.2) is 21.3 Å². The normalized spacial score (nSPS) is 11.3. The summed E-state index contributed by atoms with van der Waals surface area (Å²) < 4.78 is 7.66. The number of benzene rings is 1. The molecule has 0 aliphatic carbocycles. The van der Waals surface area contributed by atoms with E-state index in [4.69, 9.17) is 4.42 Å². The monoisotopic (exact) mass is 284 g/mol. The molecule has 2 heterocycles. The van der Waals surface area contributed by atoms with Crippen LogP contribution in [0.5, 0.6) is 0 Å². The Morgan fingerprint density at radius 3 is 2.90 bits per heavy atom. The van der Waals surface area contributed by atoms with Gasteiger partial charge in [-0.1, -0.05) is 25.1 Å². The van der Waals surface area contributed by atoms with Gasteiger partial charge in [0.15, 0.2) is 0 Å². The van der Waals surface area contributed by atoms with Gasteiger partial charge in [0.1, 0.15) is 6.54 Å². The molecule has 0 radical (unpaired) electrons. The molecule has 0 saturated heterocycles. The molecule has 1 aromatic carbocycles. The molecule has 0 saturated carbocycles. The highest BCUT2D eigenvalue weighted by Gasteiger charge is 2.09. The van der Waals surface area contributed by atoms with Crippen LogP contribution in [0.2, 0.25) is 0 Å². The molecule has 21 heavy (non-hydrogen) atoms. The summed E-state index contributed by atoms with van der Waals surface area (Å²) in [4.78, 5) is 0. The molecule has 0 bridgehead atoms. The smallest absolute Gasteiger partial charge is 0.236 e. The molecule has 3 rings (SSSR count). The first kappa shape index (κ1) is 13.8. The summed E-state index contributed by atoms with van der Waals surface area (Å²) in [6.07, 6.45) is 3.21. The van der Waals surface area contributed by atoms with Crippen molar-refractivity contribution < 1.29 is 4.42 Å². The zero-order valence-corrected chi connectivity index (χ0v) is 12.5. The fourth-order valence-electron chi connectivity index (χ4n) is 2.56. The third-order valence-electron chi connectivity index (χ3n) is 3.49. The highest BCUT2D eigenvalue weighted by molar-refractivity contribution is 5.83. The van der Waals surface area contributed by atoms with Crippen LogP contribution >= 0.6 is 0 Å². The highest BCUT2D eigenvalue weighted by atomic mass is 16.4. The second-order valence-electron chi connectivity index (χ2n) is 5.19. The second kappa shape index (κ2) is 6.10. The van der Waals surface area contributed by atoms with E-state index in [1.165, 1.54) is 16.5 Å². The Hall–Kier alpha value is -2.14. The maximum atomic E-state index is 5.49. The lowest BCUT2D eigenvalue weighted by molar-refractivity contribution is 0.457. The number of para-hydroxylation sites is 1. The molecule has 110 valence electrons. The average molecular weight is 284 g/mol. The van der Waals surface area contributed by atoms with E-state index < -0.39 is 0 Å². The quantitative estimate of drug-likeness (QED) is 0.707. The van der Waals surface area contributed by atoms with Crippen molar-refractivity contribution in [2.24, 2.45) is 0 Å². The zero-order valence-electron chi connectivity index (χ0n) is 12.5. The van der Waals surface area contributed by atoms with Gasteiger partial charge in [-0.3, -0.25) is 0 Å². The van der Waals surface area contributed by atoms with Gasteiger partial charge in [0.25, 0.3) is 0 Å². The molecular formula is C16H20N4O. The largest absolute Gasteiger partial charge is 0.424 e. The summed E-state index contributed by atoms with van der Waals surface area (Å²) in [6.45, 7) is 6.49. The van der Waals surface area contributed by atoms with Crippen LogP contribution in [0.25, 0.3) is 10.9 Å². The molecule has 1 N–H and O–H groups in total. The SMILES string of the molecule is CCCNCc1cccc2ccn(Cc3nnc(C)o3)c12. The number of nitrogens with one attached hydrogen (secondary N) is 1. The lowest BCUT2D eigenvalue weighted by Gasteiger charge is -2.09. The van der Waals surface area contributed by atoms with E-state index in [2.05, 4.69) is 57.5 Å². The van der Waals surface area contributed by atoms with E-state index in [1.807, 2.05) is 6.92 Å². The van der Waals surface area contributed by atoms with E-state index in [0.29, 0.717) is 18.3 Å². The van der Waals surface area contributed by atoms with Gasteiger partial charge < -0.3 is 14.3 Å². The predicted molar refractivity (Wildman–Crippen MR) is 82.1 cm³/mol. The summed E-state index contributed by atoms with van der Waals surface area (Å²) in [5.41, 5.74) is 2.53. The molecule has 0 spiro atoms. The van der Waals surface area contributed by atoms with Crippen LogP contribution in [0.15, 0.2) is 34.9 Å². The lowest BCUT2D eigenvalue weighted by atomic mass is 10.1. The molecule has 0 amide bonds. The van der Waals surface area contributed by atoms with Crippen molar-refractivity contribution in [2.75, 3.05) is 6.54 Å². The molecule has 5 nitrogen and oxygen atoms in total. The molecule has 0 aliphatic heterocycles. The van der Waals surface area contributed by atoms with E-state index >= 15 is 0 Å². The maximum absolute atomic E-state index is 5.49. The minimum Gasteiger partial charge on any atom is -0.424 e. The first-order valence-electron chi connectivity index (χ1n) is 7.34. The van der Waals surface area contributed by atoms with Crippen LogP contribution < -0.4 is 5.32 Å². The second-order valence-corrected chi connectivity index (χ2v) is 5.19. The fourth-order valence-corrected chi connectivity index (χ4v) is 2.56. The van der Waals surface area contributed by atoms with Crippen LogP contribution in [0.3, 0.4) is 0 Å². The predicted octanol–water partition coefficient (Wildman–Crippen LogP) is 2.88. The van der Waals surface area contributed by atoms with Crippen molar-refractivity contribution in [1.82, 2.24) is 20.1 Å². The third kappa shape index (κ3) is 2.97. The minimum atomic E-state index is 0.603. The van der Waals surface area contributed by atoms with Gasteiger partial charge in [-0.15, -0.1) is 10.2 Å². The van der Waals surface area contributed by atoms with Crippen molar-refractivity contribution >= 4 is 10.9 Å². The number of nitrogens with zero attached hydrogens (tertiary/aromatic N) is 3.